The summed E-state index contributed by atoms with van der Waals surface area (Å²) in [6.45, 7) is 5.78. The van der Waals surface area contributed by atoms with Crippen LogP contribution in [0.25, 0.3) is 0 Å². The molecule has 0 spiro atoms. The van der Waals surface area contributed by atoms with E-state index in [0.29, 0.717) is 11.3 Å². The van der Waals surface area contributed by atoms with Crippen molar-refractivity contribution in [3.63, 3.8) is 0 Å². The van der Waals surface area contributed by atoms with Crippen molar-refractivity contribution in [1.82, 2.24) is 0 Å². The number of carboxylic acids is 1. The molecule has 0 saturated heterocycles. The molecule has 43 heavy (non-hydrogen) atoms. The summed E-state index contributed by atoms with van der Waals surface area (Å²) in [5.74, 6) is -0.833. The summed E-state index contributed by atoms with van der Waals surface area (Å²) in [5, 5.41) is 13.3. The zero-order valence-electron chi connectivity index (χ0n) is 25.0. The van der Waals surface area contributed by atoms with Crippen LogP contribution in [0.2, 0.25) is 0 Å². The Morgan fingerprint density at radius 3 is 1.05 bits per heavy atom. The predicted octanol–water partition coefficient (Wildman–Crippen LogP) is 8.21. The van der Waals surface area contributed by atoms with E-state index in [4.69, 9.17) is 9.90 Å². The fourth-order valence-corrected chi connectivity index (χ4v) is 11.9. The Morgan fingerprint density at radius 1 is 0.558 bits per heavy atom. The van der Waals surface area contributed by atoms with Gasteiger partial charge in [0.15, 0.2) is 0 Å². The number of hydrogen-bond acceptors (Lipinski definition) is 1. The van der Waals surface area contributed by atoms with Gasteiger partial charge in [0.25, 0.3) is 5.97 Å². The topological polar surface area (TPSA) is 37.3 Å². The molecule has 0 bridgehead atoms. The molecule has 0 aliphatic rings. The van der Waals surface area contributed by atoms with E-state index in [1.54, 1.807) is 0 Å². The molecule has 5 aromatic rings. The minimum atomic E-state index is -1.04. The average Bonchev–Trinajstić information content (AvgIpc) is 3.04. The molecular weight excluding hydrogens is 657 g/mol. The van der Waals surface area contributed by atoms with Crippen molar-refractivity contribution in [2.45, 2.75) is 44.9 Å². The van der Waals surface area contributed by atoms with Crippen molar-refractivity contribution < 1.29 is 30.3 Å². The largest absolute Gasteiger partial charge is 0.481 e. The van der Waals surface area contributed by atoms with Gasteiger partial charge in [-0.15, -0.1) is 11.1 Å². The van der Waals surface area contributed by atoms with Crippen LogP contribution in [0.15, 0.2) is 140 Å². The quantitative estimate of drug-likeness (QED) is 0.0908. The van der Waals surface area contributed by atoms with Crippen LogP contribution in [0, 0.1) is 6.07 Å². The molecule has 5 aromatic carbocycles. The van der Waals surface area contributed by atoms with Crippen LogP contribution in [0.5, 0.6) is 0 Å². The van der Waals surface area contributed by atoms with Crippen molar-refractivity contribution in [3.8, 4) is 0 Å². The molecular formula is C38H41O2P2Pd+. The van der Waals surface area contributed by atoms with E-state index in [0.717, 1.165) is 19.8 Å². The van der Waals surface area contributed by atoms with Gasteiger partial charge in [0.1, 0.15) is 0 Å². The fourth-order valence-electron chi connectivity index (χ4n) is 5.68. The number of carbonyl (C=O) groups is 1. The maximum atomic E-state index is 9.00. The summed E-state index contributed by atoms with van der Waals surface area (Å²) in [7, 11) is -2.07. The minimum Gasteiger partial charge on any atom is -0.481 e. The van der Waals surface area contributed by atoms with E-state index in [9.17, 15) is 0 Å². The van der Waals surface area contributed by atoms with Crippen molar-refractivity contribution in [2.75, 3.05) is 0 Å². The second-order valence-electron chi connectivity index (χ2n) is 10.3. The first-order valence-electron chi connectivity index (χ1n) is 14.7. The molecule has 1 N–H and O–H groups in total. The molecule has 0 saturated carbocycles. The Kier molecular flexibility index (Phi) is 14.5. The molecule has 0 aliphatic heterocycles. The smallest absolute Gasteiger partial charge is 0.300 e. The van der Waals surface area contributed by atoms with E-state index in [-0.39, 0.29) is 20.4 Å². The van der Waals surface area contributed by atoms with Gasteiger partial charge in [0, 0.05) is 27.3 Å². The van der Waals surface area contributed by atoms with Crippen LogP contribution < -0.4 is 21.2 Å². The Morgan fingerprint density at radius 2 is 0.814 bits per heavy atom. The van der Waals surface area contributed by atoms with Crippen LogP contribution in [-0.4, -0.2) is 11.1 Å². The van der Waals surface area contributed by atoms with Gasteiger partial charge in [-0.2, -0.15) is 24.3 Å². The first-order chi connectivity index (χ1) is 20.5. The first kappa shape index (κ1) is 34.6. The van der Waals surface area contributed by atoms with Crippen LogP contribution in [0.1, 0.15) is 56.1 Å². The maximum Gasteiger partial charge on any atom is 0.300 e. The molecule has 0 unspecified atom stereocenters. The summed E-state index contributed by atoms with van der Waals surface area (Å²) < 4.78 is 0. The Balaban J connectivity index is 0.000000954. The van der Waals surface area contributed by atoms with E-state index in [1.165, 1.54) is 32.3 Å². The molecule has 2 nitrogen and oxygen atoms in total. The molecule has 224 valence electrons. The molecule has 0 fully saturated rings. The number of rotatable bonds is 10. The normalized spacial score (nSPS) is 12.0. The number of hydrogen-bond donors (Lipinski definition) is 1. The fraction of sp³-hybridized carbons (Fsp3) is 0.184. The van der Waals surface area contributed by atoms with Crippen LogP contribution in [0.4, 0.5) is 0 Å². The van der Waals surface area contributed by atoms with E-state index in [1.807, 2.05) is 0 Å². The van der Waals surface area contributed by atoms with Gasteiger partial charge >= 0.3 is 0 Å². The average molecular weight is 698 g/mol. The molecule has 0 radical (unpaired) electrons. The summed E-state index contributed by atoms with van der Waals surface area (Å²) in [6, 6.07) is 55.7. The predicted molar refractivity (Wildman–Crippen MR) is 186 cm³/mol. The molecule has 2 atom stereocenters. The van der Waals surface area contributed by atoms with Crippen LogP contribution in [0.3, 0.4) is 0 Å². The van der Waals surface area contributed by atoms with Crippen LogP contribution >= 0.6 is 15.8 Å². The summed E-state index contributed by atoms with van der Waals surface area (Å²) >= 11 is 0. The van der Waals surface area contributed by atoms with Crippen molar-refractivity contribution >= 4 is 43.0 Å². The van der Waals surface area contributed by atoms with Crippen molar-refractivity contribution in [2.24, 2.45) is 0 Å². The van der Waals surface area contributed by atoms with Gasteiger partial charge in [0.2, 0.25) is 0 Å². The monoisotopic (exact) mass is 697 g/mol. The molecule has 0 amide bonds. The molecule has 0 aliphatic carbocycles. The van der Waals surface area contributed by atoms with E-state index < -0.39 is 21.8 Å². The summed E-state index contributed by atoms with van der Waals surface area (Å²) in [5.41, 5.74) is 3.64. The van der Waals surface area contributed by atoms with Crippen LogP contribution in [-0.2, 0) is 25.2 Å². The van der Waals surface area contributed by atoms with Gasteiger partial charge in [-0.25, -0.2) is 0 Å². The van der Waals surface area contributed by atoms with Gasteiger partial charge in [-0.1, -0.05) is 86.6 Å². The third-order valence-electron chi connectivity index (χ3n) is 7.44. The first-order valence-corrected chi connectivity index (χ1v) is 17.9. The maximum absolute atomic E-state index is 9.00. The van der Waals surface area contributed by atoms with Gasteiger partial charge in [-0.3, -0.25) is 4.79 Å². The number of aliphatic carboxylic acids is 1. The van der Waals surface area contributed by atoms with Gasteiger partial charge < -0.3 is 5.11 Å². The Bertz CT molecular complexity index is 1310. The zero-order valence-corrected chi connectivity index (χ0v) is 28.6. The van der Waals surface area contributed by atoms with Crippen molar-refractivity contribution in [3.05, 3.63) is 157 Å². The second kappa shape index (κ2) is 18.0. The SMILES string of the molecule is CC(=O)O.CC[C@@H](c1[c-]c([C@H](CC)[PH+](c2ccccc2)c2ccccc2)ccc1)[PH+](c1ccccc1)c1ccccc1.[Pd]. The van der Waals surface area contributed by atoms with E-state index in [2.05, 4.69) is 159 Å². The molecule has 0 aromatic heterocycles. The number of benzene rings is 5. The van der Waals surface area contributed by atoms with E-state index >= 15 is 0 Å². The Labute approximate surface area is 273 Å². The summed E-state index contributed by atoms with van der Waals surface area (Å²) in [4.78, 5) is 9.00. The van der Waals surface area contributed by atoms with Gasteiger partial charge in [0.05, 0.1) is 48.4 Å². The Hall–Kier alpha value is -2.91. The minimum absolute atomic E-state index is 0. The number of carboxylic acid groups (broad SMARTS) is 1. The third kappa shape index (κ3) is 9.54. The molecule has 5 heteroatoms. The summed E-state index contributed by atoms with van der Waals surface area (Å²) in [6.07, 6.45) is 2.20. The third-order valence-corrected chi connectivity index (χ3v) is 14.1. The second-order valence-corrected chi connectivity index (χ2v) is 15.7. The molecule has 0 heterocycles. The van der Waals surface area contributed by atoms with Crippen molar-refractivity contribution in [1.29, 1.82) is 0 Å². The zero-order chi connectivity index (χ0) is 29.7. The standard InChI is InChI=1S/C36H35P2.C2H4O2.Pd/c1-3-35(37(31-20-9-5-10-21-31)32-22-11-6-12-23-32)29-18-17-19-30(28-29)36(4-2)38(33-24-13-7-14-25-33)34-26-15-8-16-27-34;1-2(3)4;/h5-27,35-36H,3-4H2,1-2H3;1H3,(H,3,4);/q-1;;/p+2/t35-,36-;;/m0../s1. The molecule has 5 rings (SSSR count). The van der Waals surface area contributed by atoms with Gasteiger partial charge in [-0.05, 0) is 61.4 Å².